The summed E-state index contributed by atoms with van der Waals surface area (Å²) in [6.07, 6.45) is 5.05. The molecule has 9 heteroatoms. The molecule has 1 aliphatic rings. The molecule has 0 atom stereocenters. The number of nitrogens with zero attached hydrogens (tertiary/aromatic N) is 3. The molecule has 2 N–H and O–H groups in total. The highest BCUT2D eigenvalue weighted by Gasteiger charge is 2.17. The lowest BCUT2D eigenvalue weighted by atomic mass is 10.2. The Bertz CT molecular complexity index is 1110. The number of carbonyl (C=O) groups excluding carboxylic acids is 2. The first-order valence-electron chi connectivity index (χ1n) is 10.4. The topological polar surface area (TPSA) is 88.9 Å². The Balaban J connectivity index is 1.35. The van der Waals surface area contributed by atoms with Gasteiger partial charge in [0.15, 0.2) is 0 Å². The summed E-state index contributed by atoms with van der Waals surface area (Å²) in [5, 5.41) is 14.8. The van der Waals surface area contributed by atoms with E-state index in [1.54, 1.807) is 6.07 Å². The van der Waals surface area contributed by atoms with E-state index in [4.69, 9.17) is 0 Å². The highest BCUT2D eigenvalue weighted by atomic mass is 32.1. The van der Waals surface area contributed by atoms with Gasteiger partial charge in [0.05, 0.1) is 9.88 Å². The molecule has 0 aliphatic carbocycles. The number of aryl methyl sites for hydroxylation is 2. The average Bonchev–Trinajstić information content (AvgIpc) is 3.21. The third-order valence-electron chi connectivity index (χ3n) is 5.27. The summed E-state index contributed by atoms with van der Waals surface area (Å²) in [5.41, 5.74) is 0.998. The number of hydrogen-bond donors (Lipinski definition) is 2. The number of benzene rings is 1. The minimum atomic E-state index is -0.473. The molecule has 3 heterocycles. The van der Waals surface area contributed by atoms with Crippen LogP contribution < -0.4 is 10.6 Å². The van der Waals surface area contributed by atoms with Gasteiger partial charge in [-0.3, -0.25) is 9.59 Å². The highest BCUT2D eigenvalue weighted by molar-refractivity contribution is 7.18. The van der Waals surface area contributed by atoms with Gasteiger partial charge in [0.2, 0.25) is 0 Å². The Morgan fingerprint density at radius 2 is 2.03 bits per heavy atom. The van der Waals surface area contributed by atoms with Crippen LogP contribution in [0.25, 0.3) is 0 Å². The first-order chi connectivity index (χ1) is 15.0. The lowest BCUT2D eigenvalue weighted by Gasteiger charge is -2.08. The Labute approximate surface area is 183 Å². The monoisotopic (exact) mass is 441 g/mol. The number of carbonyl (C=O) groups is 2. The predicted octanol–water partition coefficient (Wildman–Crippen LogP) is 3.74. The Morgan fingerprint density at radius 3 is 2.87 bits per heavy atom. The van der Waals surface area contributed by atoms with Crippen molar-refractivity contribution in [2.24, 2.45) is 0 Å². The second-order valence-corrected chi connectivity index (χ2v) is 8.64. The average molecular weight is 442 g/mol. The molecule has 0 fully saturated rings. The SMILES string of the molecule is Cc1cc(NC(=O)c2cccc(F)c2)sc1C(=O)NCCc1nnc2n1CCCCC2. The summed E-state index contributed by atoms with van der Waals surface area (Å²) in [6, 6.07) is 7.23. The van der Waals surface area contributed by atoms with Gasteiger partial charge in [0.25, 0.3) is 11.8 Å². The summed E-state index contributed by atoms with van der Waals surface area (Å²) in [4.78, 5) is 25.5. The molecular weight excluding hydrogens is 417 g/mol. The van der Waals surface area contributed by atoms with Crippen LogP contribution in [0.3, 0.4) is 0 Å². The first kappa shape index (κ1) is 21.2. The van der Waals surface area contributed by atoms with Gasteiger partial charge in [-0.25, -0.2) is 4.39 Å². The van der Waals surface area contributed by atoms with E-state index in [1.165, 1.54) is 42.0 Å². The number of anilines is 1. The fourth-order valence-electron chi connectivity index (χ4n) is 3.68. The van der Waals surface area contributed by atoms with Crippen LogP contribution in [0.4, 0.5) is 9.39 Å². The minimum Gasteiger partial charge on any atom is -0.351 e. The fraction of sp³-hybridized carbons (Fsp3) is 0.364. The summed E-state index contributed by atoms with van der Waals surface area (Å²) in [6.45, 7) is 3.21. The summed E-state index contributed by atoms with van der Waals surface area (Å²) in [7, 11) is 0. The van der Waals surface area contributed by atoms with E-state index in [1.807, 2.05) is 6.92 Å². The molecule has 0 unspecified atom stereocenters. The van der Waals surface area contributed by atoms with E-state index in [2.05, 4.69) is 25.4 Å². The Hall–Kier alpha value is -3.07. The zero-order valence-electron chi connectivity index (χ0n) is 17.3. The van der Waals surface area contributed by atoms with Crippen molar-refractivity contribution in [2.75, 3.05) is 11.9 Å². The standard InChI is InChI=1S/C22H24FN5O2S/c1-14-12-19(25-21(29)15-6-5-7-16(23)13-15)31-20(14)22(30)24-10-9-18-27-26-17-8-3-2-4-11-28(17)18/h5-7,12-13H,2-4,8-11H2,1H3,(H,24,30)(H,25,29). The predicted molar refractivity (Wildman–Crippen MR) is 117 cm³/mol. The molecule has 0 bridgehead atoms. The molecule has 7 nitrogen and oxygen atoms in total. The Kier molecular flexibility index (Phi) is 6.41. The van der Waals surface area contributed by atoms with Gasteiger partial charge in [0, 0.05) is 31.5 Å². The number of fused-ring (bicyclic) bond motifs is 1. The molecule has 2 aromatic heterocycles. The van der Waals surface area contributed by atoms with Crippen molar-refractivity contribution in [3.05, 3.63) is 63.8 Å². The summed E-state index contributed by atoms with van der Waals surface area (Å²) in [5.74, 6) is 0.860. The molecule has 0 radical (unpaired) electrons. The quantitative estimate of drug-likeness (QED) is 0.610. The maximum Gasteiger partial charge on any atom is 0.261 e. The fourth-order valence-corrected chi connectivity index (χ4v) is 4.67. The Morgan fingerprint density at radius 1 is 1.16 bits per heavy atom. The molecule has 2 amide bonds. The smallest absolute Gasteiger partial charge is 0.261 e. The van der Waals surface area contributed by atoms with Crippen molar-refractivity contribution in [3.63, 3.8) is 0 Å². The normalized spacial score (nSPS) is 13.4. The van der Waals surface area contributed by atoms with E-state index in [0.29, 0.717) is 22.8 Å². The molecular formula is C22H24FN5O2S. The van der Waals surface area contributed by atoms with Gasteiger partial charge in [0.1, 0.15) is 17.5 Å². The third kappa shape index (κ3) is 4.99. The second-order valence-electron chi connectivity index (χ2n) is 7.59. The van der Waals surface area contributed by atoms with Crippen LogP contribution >= 0.6 is 11.3 Å². The zero-order valence-corrected chi connectivity index (χ0v) is 18.1. The van der Waals surface area contributed by atoms with Gasteiger partial charge in [-0.05, 0) is 49.6 Å². The number of amides is 2. The molecule has 4 rings (SSSR count). The second kappa shape index (κ2) is 9.38. The van der Waals surface area contributed by atoms with Crippen molar-refractivity contribution in [1.29, 1.82) is 0 Å². The minimum absolute atomic E-state index is 0.190. The van der Waals surface area contributed by atoms with Crippen molar-refractivity contribution >= 4 is 28.2 Å². The maximum absolute atomic E-state index is 13.3. The number of hydrogen-bond acceptors (Lipinski definition) is 5. The molecule has 3 aromatic rings. The van der Waals surface area contributed by atoms with Gasteiger partial charge in [-0.2, -0.15) is 0 Å². The van der Waals surface area contributed by atoms with Crippen molar-refractivity contribution < 1.29 is 14.0 Å². The van der Waals surface area contributed by atoms with Crippen molar-refractivity contribution in [3.8, 4) is 0 Å². The van der Waals surface area contributed by atoms with Crippen LogP contribution in [0, 0.1) is 12.7 Å². The highest BCUT2D eigenvalue weighted by Crippen LogP contribution is 2.27. The van der Waals surface area contributed by atoms with Crippen molar-refractivity contribution in [1.82, 2.24) is 20.1 Å². The lowest BCUT2D eigenvalue weighted by Crippen LogP contribution is -2.26. The van der Waals surface area contributed by atoms with Gasteiger partial charge < -0.3 is 15.2 Å². The van der Waals surface area contributed by atoms with Gasteiger partial charge >= 0.3 is 0 Å². The number of aromatic nitrogens is 3. The lowest BCUT2D eigenvalue weighted by molar-refractivity contribution is 0.0956. The molecule has 1 aliphatic heterocycles. The molecule has 1 aromatic carbocycles. The first-order valence-corrected chi connectivity index (χ1v) is 11.2. The largest absolute Gasteiger partial charge is 0.351 e. The molecule has 0 saturated heterocycles. The van der Waals surface area contributed by atoms with Gasteiger partial charge in [-0.15, -0.1) is 21.5 Å². The van der Waals surface area contributed by atoms with Crippen LogP contribution in [0.15, 0.2) is 30.3 Å². The number of halogens is 1. The zero-order chi connectivity index (χ0) is 21.8. The number of thiophene rings is 1. The molecule has 0 spiro atoms. The van der Waals surface area contributed by atoms with E-state index in [9.17, 15) is 14.0 Å². The van der Waals surface area contributed by atoms with Crippen molar-refractivity contribution in [2.45, 2.75) is 45.6 Å². The summed E-state index contributed by atoms with van der Waals surface area (Å²) < 4.78 is 15.5. The van der Waals surface area contributed by atoms with E-state index >= 15 is 0 Å². The molecule has 31 heavy (non-hydrogen) atoms. The third-order valence-corrected chi connectivity index (χ3v) is 6.42. The van der Waals surface area contributed by atoms with Gasteiger partial charge in [-0.1, -0.05) is 12.5 Å². The van der Waals surface area contributed by atoms with Crippen LogP contribution in [-0.2, 0) is 19.4 Å². The van der Waals surface area contributed by atoms with E-state index < -0.39 is 11.7 Å². The maximum atomic E-state index is 13.3. The molecule has 162 valence electrons. The van der Waals surface area contributed by atoms with Crippen LogP contribution in [0.2, 0.25) is 0 Å². The molecule has 0 saturated carbocycles. The van der Waals surface area contributed by atoms with Crippen LogP contribution in [-0.4, -0.2) is 33.1 Å². The number of rotatable bonds is 6. The van der Waals surface area contributed by atoms with E-state index in [-0.39, 0.29) is 11.5 Å². The van der Waals surface area contributed by atoms with Crippen LogP contribution in [0.5, 0.6) is 0 Å². The van der Waals surface area contributed by atoms with E-state index in [0.717, 1.165) is 43.0 Å². The summed E-state index contributed by atoms with van der Waals surface area (Å²) >= 11 is 1.20. The van der Waals surface area contributed by atoms with Crippen LogP contribution in [0.1, 0.15) is 56.5 Å². The number of nitrogens with one attached hydrogen (secondary N) is 2.